The van der Waals surface area contributed by atoms with Crippen molar-refractivity contribution in [3.8, 4) is 0 Å². The van der Waals surface area contributed by atoms with Crippen molar-refractivity contribution in [1.82, 2.24) is 9.88 Å². The fraction of sp³-hybridized carbons (Fsp3) is 0.381. The molecule has 2 aromatic carbocycles. The maximum atomic E-state index is 5.95. The summed E-state index contributed by atoms with van der Waals surface area (Å²) in [7, 11) is 0. The van der Waals surface area contributed by atoms with Gasteiger partial charge in [0.15, 0.2) is 5.58 Å². The third kappa shape index (κ3) is 3.09. The SMILES string of the molecule is CCCN(Cc1nc2ccccc2o1)[C@H]1CCc2ccccc2C1. The van der Waals surface area contributed by atoms with Crippen molar-refractivity contribution in [2.24, 2.45) is 0 Å². The molecule has 3 heteroatoms. The van der Waals surface area contributed by atoms with Crippen molar-refractivity contribution in [2.45, 2.75) is 45.2 Å². The van der Waals surface area contributed by atoms with Crippen LogP contribution in [0.5, 0.6) is 0 Å². The van der Waals surface area contributed by atoms with Crippen molar-refractivity contribution in [1.29, 1.82) is 0 Å². The van der Waals surface area contributed by atoms with E-state index in [9.17, 15) is 0 Å². The highest BCUT2D eigenvalue weighted by molar-refractivity contribution is 5.72. The highest BCUT2D eigenvalue weighted by Crippen LogP contribution is 2.26. The van der Waals surface area contributed by atoms with Gasteiger partial charge in [-0.1, -0.05) is 43.3 Å². The Kier molecular flexibility index (Phi) is 4.35. The number of nitrogens with zero attached hydrogens (tertiary/aromatic N) is 2. The van der Waals surface area contributed by atoms with Gasteiger partial charge >= 0.3 is 0 Å². The van der Waals surface area contributed by atoms with Gasteiger partial charge in [-0.2, -0.15) is 0 Å². The second-order valence-corrected chi connectivity index (χ2v) is 6.71. The van der Waals surface area contributed by atoms with Gasteiger partial charge in [-0.3, -0.25) is 4.90 Å². The fourth-order valence-electron chi connectivity index (χ4n) is 3.83. The van der Waals surface area contributed by atoms with Gasteiger partial charge in [0.25, 0.3) is 0 Å². The van der Waals surface area contributed by atoms with E-state index >= 15 is 0 Å². The lowest BCUT2D eigenvalue weighted by Crippen LogP contribution is -2.39. The minimum absolute atomic E-state index is 0.579. The zero-order valence-electron chi connectivity index (χ0n) is 14.2. The van der Waals surface area contributed by atoms with Crippen LogP contribution in [-0.2, 0) is 19.4 Å². The Balaban J connectivity index is 1.54. The predicted octanol–water partition coefficient (Wildman–Crippen LogP) is 4.60. The largest absolute Gasteiger partial charge is 0.439 e. The lowest BCUT2D eigenvalue weighted by Gasteiger charge is -2.34. The lowest BCUT2D eigenvalue weighted by atomic mass is 9.87. The quantitative estimate of drug-likeness (QED) is 0.688. The molecule has 1 atom stereocenters. The van der Waals surface area contributed by atoms with E-state index in [1.165, 1.54) is 24.0 Å². The summed E-state index contributed by atoms with van der Waals surface area (Å²) in [6.45, 7) is 4.14. The van der Waals surface area contributed by atoms with Crippen LogP contribution in [0.25, 0.3) is 11.1 Å². The van der Waals surface area contributed by atoms with Gasteiger partial charge in [-0.15, -0.1) is 0 Å². The zero-order chi connectivity index (χ0) is 16.4. The van der Waals surface area contributed by atoms with Crippen LogP contribution in [0.1, 0.15) is 36.8 Å². The molecule has 0 aliphatic heterocycles. The van der Waals surface area contributed by atoms with Gasteiger partial charge < -0.3 is 4.42 Å². The van der Waals surface area contributed by atoms with Gasteiger partial charge in [0.05, 0.1) is 6.54 Å². The van der Waals surface area contributed by atoms with E-state index in [0.717, 1.165) is 42.9 Å². The Morgan fingerprint density at radius 1 is 1.08 bits per heavy atom. The second-order valence-electron chi connectivity index (χ2n) is 6.71. The molecule has 3 aromatic rings. The third-order valence-electron chi connectivity index (χ3n) is 5.02. The average Bonchev–Trinajstić information content (AvgIpc) is 3.03. The summed E-state index contributed by atoms with van der Waals surface area (Å²) in [6, 6.07) is 17.5. The molecule has 0 saturated carbocycles. The Morgan fingerprint density at radius 3 is 2.71 bits per heavy atom. The van der Waals surface area contributed by atoms with Crippen LogP contribution in [0.15, 0.2) is 52.9 Å². The number of benzene rings is 2. The molecular formula is C21H24N2O. The molecule has 0 radical (unpaired) electrons. The van der Waals surface area contributed by atoms with Crippen LogP contribution in [0.2, 0.25) is 0 Å². The van der Waals surface area contributed by atoms with Crippen molar-refractivity contribution >= 4 is 11.1 Å². The Hall–Kier alpha value is -2.13. The number of rotatable bonds is 5. The first-order valence-electron chi connectivity index (χ1n) is 8.99. The topological polar surface area (TPSA) is 29.3 Å². The van der Waals surface area contributed by atoms with Crippen LogP contribution in [-0.4, -0.2) is 22.5 Å². The third-order valence-corrected chi connectivity index (χ3v) is 5.02. The van der Waals surface area contributed by atoms with E-state index in [-0.39, 0.29) is 0 Å². The van der Waals surface area contributed by atoms with E-state index in [4.69, 9.17) is 4.42 Å². The normalized spacial score (nSPS) is 17.3. The highest BCUT2D eigenvalue weighted by atomic mass is 16.3. The van der Waals surface area contributed by atoms with E-state index in [0.29, 0.717) is 6.04 Å². The molecule has 1 aromatic heterocycles. The molecule has 3 nitrogen and oxygen atoms in total. The van der Waals surface area contributed by atoms with Crippen molar-refractivity contribution in [3.05, 3.63) is 65.5 Å². The van der Waals surface area contributed by atoms with E-state index in [1.807, 2.05) is 24.3 Å². The first-order valence-corrected chi connectivity index (χ1v) is 8.99. The molecular weight excluding hydrogens is 296 g/mol. The standard InChI is InChI=1S/C21H24N2O/c1-2-13-23(15-21-22-19-9-5-6-10-20(19)24-21)18-12-11-16-7-3-4-8-17(16)14-18/h3-10,18H,2,11-15H2,1H3/t18-/m0/s1. The van der Waals surface area contributed by atoms with Crippen LogP contribution < -0.4 is 0 Å². The summed E-state index contributed by atoms with van der Waals surface area (Å²) in [5.74, 6) is 0.837. The smallest absolute Gasteiger partial charge is 0.209 e. The lowest BCUT2D eigenvalue weighted by molar-refractivity contribution is 0.157. The van der Waals surface area contributed by atoms with E-state index < -0.39 is 0 Å². The molecule has 0 amide bonds. The number of oxazole rings is 1. The van der Waals surface area contributed by atoms with Crippen LogP contribution in [0, 0.1) is 0 Å². The van der Waals surface area contributed by atoms with Gasteiger partial charge in [0.1, 0.15) is 5.52 Å². The first kappa shape index (κ1) is 15.4. The maximum Gasteiger partial charge on any atom is 0.209 e. The molecule has 1 aliphatic carbocycles. The molecule has 0 unspecified atom stereocenters. The minimum Gasteiger partial charge on any atom is -0.439 e. The molecule has 0 spiro atoms. The molecule has 0 fully saturated rings. The Bertz CT molecular complexity index is 790. The minimum atomic E-state index is 0.579. The van der Waals surface area contributed by atoms with Gasteiger partial charge in [0.2, 0.25) is 5.89 Å². The molecule has 1 aliphatic rings. The maximum absolute atomic E-state index is 5.95. The summed E-state index contributed by atoms with van der Waals surface area (Å²) in [5.41, 5.74) is 4.87. The molecule has 1 heterocycles. The van der Waals surface area contributed by atoms with Crippen molar-refractivity contribution in [3.63, 3.8) is 0 Å². The van der Waals surface area contributed by atoms with Crippen LogP contribution >= 0.6 is 0 Å². The number of aryl methyl sites for hydroxylation is 1. The summed E-state index contributed by atoms with van der Waals surface area (Å²) < 4.78 is 5.95. The molecule has 24 heavy (non-hydrogen) atoms. The summed E-state index contributed by atoms with van der Waals surface area (Å²) in [5, 5.41) is 0. The zero-order valence-corrected chi connectivity index (χ0v) is 14.2. The number of hydrogen-bond acceptors (Lipinski definition) is 3. The van der Waals surface area contributed by atoms with Gasteiger partial charge in [0, 0.05) is 6.04 Å². The molecule has 0 bridgehead atoms. The van der Waals surface area contributed by atoms with Gasteiger partial charge in [-0.05, 0) is 55.5 Å². The summed E-state index contributed by atoms with van der Waals surface area (Å²) >= 11 is 0. The first-order chi connectivity index (χ1) is 11.8. The van der Waals surface area contributed by atoms with Crippen LogP contribution in [0.4, 0.5) is 0 Å². The Labute approximate surface area is 143 Å². The number of hydrogen-bond donors (Lipinski definition) is 0. The molecule has 0 saturated heterocycles. The van der Waals surface area contributed by atoms with Crippen molar-refractivity contribution < 1.29 is 4.42 Å². The molecule has 4 rings (SSSR count). The van der Waals surface area contributed by atoms with Gasteiger partial charge in [-0.25, -0.2) is 4.98 Å². The van der Waals surface area contributed by atoms with E-state index in [2.05, 4.69) is 41.1 Å². The van der Waals surface area contributed by atoms with Crippen LogP contribution in [0.3, 0.4) is 0 Å². The molecule has 124 valence electrons. The average molecular weight is 320 g/mol. The number of aromatic nitrogens is 1. The number of para-hydroxylation sites is 2. The number of fused-ring (bicyclic) bond motifs is 2. The second kappa shape index (κ2) is 6.78. The summed E-state index contributed by atoms with van der Waals surface area (Å²) in [4.78, 5) is 7.22. The summed E-state index contributed by atoms with van der Waals surface area (Å²) in [6.07, 6.45) is 4.68. The van der Waals surface area contributed by atoms with Crippen molar-refractivity contribution in [2.75, 3.05) is 6.54 Å². The fourth-order valence-corrected chi connectivity index (χ4v) is 3.83. The molecule has 0 N–H and O–H groups in total. The van der Waals surface area contributed by atoms with E-state index in [1.54, 1.807) is 0 Å². The monoisotopic (exact) mass is 320 g/mol. The highest BCUT2D eigenvalue weighted by Gasteiger charge is 2.25. The Morgan fingerprint density at radius 2 is 1.88 bits per heavy atom. The predicted molar refractivity (Wildman–Crippen MR) is 97.0 cm³/mol.